The molecule has 0 aromatic carbocycles. The number of fused-ring (bicyclic) bond motifs is 1. The third-order valence-electron chi connectivity index (χ3n) is 2.17. The lowest BCUT2D eigenvalue weighted by Gasteiger charge is -2.04. The number of rotatable bonds is 1. The van der Waals surface area contributed by atoms with E-state index in [2.05, 4.69) is 5.32 Å². The van der Waals surface area contributed by atoms with E-state index < -0.39 is 14.8 Å². The van der Waals surface area contributed by atoms with Gasteiger partial charge in [-0.3, -0.25) is 4.79 Å². The summed E-state index contributed by atoms with van der Waals surface area (Å²) in [5.74, 6) is -0.658. The van der Waals surface area contributed by atoms with E-state index in [0.29, 0.717) is 5.67 Å². The average molecular weight is 143 g/mol. The highest BCUT2D eigenvalue weighted by molar-refractivity contribution is 6.73. The van der Waals surface area contributed by atoms with Crippen LogP contribution >= 0.6 is 0 Å². The van der Waals surface area contributed by atoms with Crippen LogP contribution in [0.4, 0.5) is 0 Å². The van der Waals surface area contributed by atoms with Crippen LogP contribution in [-0.2, 0) is 4.79 Å². The Balaban J connectivity index is 1.97. The molecule has 50 valence electrons. The Morgan fingerprint density at radius 3 is 2.78 bits per heavy atom. The van der Waals surface area contributed by atoms with E-state index in [1.165, 1.54) is 6.04 Å². The molecule has 3 nitrogen and oxygen atoms in total. The van der Waals surface area contributed by atoms with E-state index in [-0.39, 0.29) is 6.04 Å². The van der Waals surface area contributed by atoms with Gasteiger partial charge in [-0.1, -0.05) is 0 Å². The largest absolute Gasteiger partial charge is 0.480 e. The monoisotopic (exact) mass is 143 g/mol. The van der Waals surface area contributed by atoms with Crippen LogP contribution in [0, 0.1) is 0 Å². The Hall–Kier alpha value is -0.353. The van der Waals surface area contributed by atoms with E-state index >= 15 is 0 Å². The SMILES string of the molecule is O=C(O)[C@@H]1C[Si@@H]2CC2N1. The summed E-state index contributed by atoms with van der Waals surface area (Å²) in [6.45, 7) is 0. The Kier molecular flexibility index (Phi) is 0.951. The topological polar surface area (TPSA) is 49.3 Å². The first-order chi connectivity index (χ1) is 4.27. The standard InChI is InChI=1S/C5H9NO2Si/c7-5(8)3-1-9-2-4(9)6-3/h3-4,6,9H,1-2H2,(H,7,8)/t3-,4?,9+/m0/s1. The van der Waals surface area contributed by atoms with E-state index in [0.717, 1.165) is 6.04 Å². The molecule has 2 fully saturated rings. The van der Waals surface area contributed by atoms with E-state index in [1.807, 2.05) is 0 Å². The first kappa shape index (κ1) is 5.43. The zero-order chi connectivity index (χ0) is 6.43. The summed E-state index contributed by atoms with van der Waals surface area (Å²) in [6.07, 6.45) is 0. The molecular weight excluding hydrogens is 134 g/mol. The molecule has 2 heterocycles. The lowest BCUT2D eigenvalue weighted by atomic mass is 10.3. The number of carboxylic acids is 1. The Bertz CT molecular complexity index is 151. The number of carboxylic acid groups (broad SMARTS) is 1. The maximum absolute atomic E-state index is 10.3. The fraction of sp³-hybridized carbons (Fsp3) is 0.800. The number of hydrogen-bond donors (Lipinski definition) is 2. The van der Waals surface area contributed by atoms with Gasteiger partial charge in [0, 0.05) is 0 Å². The molecule has 2 rings (SSSR count). The lowest BCUT2D eigenvalue weighted by Crippen LogP contribution is -2.32. The normalized spacial score (nSPS) is 46.4. The molecule has 2 aliphatic heterocycles. The fourth-order valence-electron chi connectivity index (χ4n) is 1.51. The smallest absolute Gasteiger partial charge is 0.320 e. The minimum Gasteiger partial charge on any atom is -0.480 e. The van der Waals surface area contributed by atoms with Gasteiger partial charge in [0.2, 0.25) is 0 Å². The highest BCUT2D eigenvalue weighted by atomic mass is 28.3. The molecule has 0 aromatic rings. The minimum atomic E-state index is -0.658. The predicted octanol–water partition coefficient (Wildman–Crippen LogP) is -0.809. The second-order valence-electron chi connectivity index (χ2n) is 2.90. The van der Waals surface area contributed by atoms with Gasteiger partial charge in [0.05, 0.1) is 8.80 Å². The van der Waals surface area contributed by atoms with Crippen molar-refractivity contribution in [1.82, 2.24) is 5.32 Å². The molecule has 0 radical (unpaired) electrons. The Labute approximate surface area is 54.7 Å². The van der Waals surface area contributed by atoms with Gasteiger partial charge in [-0.2, -0.15) is 0 Å². The summed E-state index contributed by atoms with van der Waals surface area (Å²) < 4.78 is 0. The molecule has 0 aromatic heterocycles. The predicted molar refractivity (Wildman–Crippen MR) is 35.1 cm³/mol. The fourth-order valence-corrected chi connectivity index (χ4v) is 4.69. The van der Waals surface area contributed by atoms with Crippen LogP contribution in [0.2, 0.25) is 12.1 Å². The van der Waals surface area contributed by atoms with Crippen molar-refractivity contribution in [3.05, 3.63) is 0 Å². The van der Waals surface area contributed by atoms with Crippen molar-refractivity contribution in [3.8, 4) is 0 Å². The highest BCUT2D eigenvalue weighted by Crippen LogP contribution is 2.33. The van der Waals surface area contributed by atoms with E-state index in [9.17, 15) is 4.79 Å². The molecular formula is C5H9NO2Si. The Morgan fingerprint density at radius 2 is 2.44 bits per heavy atom. The second-order valence-corrected chi connectivity index (χ2v) is 6.16. The molecule has 0 aliphatic carbocycles. The van der Waals surface area contributed by atoms with Crippen molar-refractivity contribution < 1.29 is 9.90 Å². The molecule has 9 heavy (non-hydrogen) atoms. The van der Waals surface area contributed by atoms with Gasteiger partial charge in [0.25, 0.3) is 0 Å². The van der Waals surface area contributed by atoms with Crippen LogP contribution in [0.15, 0.2) is 0 Å². The summed E-state index contributed by atoms with van der Waals surface area (Å²) in [5, 5.41) is 11.6. The Morgan fingerprint density at radius 1 is 1.67 bits per heavy atom. The van der Waals surface area contributed by atoms with Crippen LogP contribution in [0.1, 0.15) is 0 Å². The van der Waals surface area contributed by atoms with Crippen LogP contribution in [0.5, 0.6) is 0 Å². The molecule has 4 heteroatoms. The van der Waals surface area contributed by atoms with Gasteiger partial charge in [-0.15, -0.1) is 0 Å². The first-order valence-corrected chi connectivity index (χ1v) is 5.56. The highest BCUT2D eigenvalue weighted by Gasteiger charge is 2.49. The summed E-state index contributed by atoms with van der Waals surface area (Å²) in [5.41, 5.74) is 0.686. The maximum Gasteiger partial charge on any atom is 0.320 e. The summed E-state index contributed by atoms with van der Waals surface area (Å²) >= 11 is 0. The summed E-state index contributed by atoms with van der Waals surface area (Å²) in [7, 11) is -0.489. The molecule has 3 atom stereocenters. The van der Waals surface area contributed by atoms with Crippen molar-refractivity contribution in [3.63, 3.8) is 0 Å². The molecule has 2 N–H and O–H groups in total. The van der Waals surface area contributed by atoms with Gasteiger partial charge in [0.15, 0.2) is 0 Å². The van der Waals surface area contributed by atoms with Gasteiger partial charge in [-0.25, -0.2) is 0 Å². The van der Waals surface area contributed by atoms with Gasteiger partial charge < -0.3 is 10.4 Å². The quantitative estimate of drug-likeness (QED) is 0.472. The summed E-state index contributed by atoms with van der Waals surface area (Å²) in [4.78, 5) is 10.3. The lowest BCUT2D eigenvalue weighted by molar-refractivity contribution is -0.138. The first-order valence-electron chi connectivity index (χ1n) is 3.26. The summed E-state index contributed by atoms with van der Waals surface area (Å²) in [6, 6.07) is 2.14. The number of carbonyl (C=O) groups is 1. The zero-order valence-corrected chi connectivity index (χ0v) is 6.16. The third kappa shape index (κ3) is 0.783. The van der Waals surface area contributed by atoms with Crippen molar-refractivity contribution >= 4 is 14.8 Å². The van der Waals surface area contributed by atoms with Gasteiger partial charge >= 0.3 is 5.97 Å². The van der Waals surface area contributed by atoms with Crippen LogP contribution in [0.3, 0.4) is 0 Å². The molecule has 2 aliphatic rings. The van der Waals surface area contributed by atoms with Crippen LogP contribution in [0.25, 0.3) is 0 Å². The van der Waals surface area contributed by atoms with Gasteiger partial charge in [0.1, 0.15) is 6.04 Å². The van der Waals surface area contributed by atoms with Crippen molar-refractivity contribution in [1.29, 1.82) is 0 Å². The molecule has 0 saturated carbocycles. The zero-order valence-electron chi connectivity index (χ0n) is 5.00. The minimum absolute atomic E-state index is 0.180. The number of hydrogen-bond acceptors (Lipinski definition) is 2. The molecule has 0 bridgehead atoms. The molecule has 0 amide bonds. The van der Waals surface area contributed by atoms with Crippen molar-refractivity contribution in [2.75, 3.05) is 0 Å². The van der Waals surface area contributed by atoms with Crippen LogP contribution in [-0.4, -0.2) is 31.6 Å². The maximum atomic E-state index is 10.3. The molecule has 2 saturated heterocycles. The van der Waals surface area contributed by atoms with Crippen molar-refractivity contribution in [2.24, 2.45) is 0 Å². The number of aliphatic carboxylic acids is 1. The number of nitrogens with one attached hydrogen (secondary N) is 1. The van der Waals surface area contributed by atoms with E-state index in [1.54, 1.807) is 0 Å². The molecule has 0 spiro atoms. The molecule has 1 unspecified atom stereocenters. The van der Waals surface area contributed by atoms with E-state index in [4.69, 9.17) is 5.11 Å². The van der Waals surface area contributed by atoms with Crippen molar-refractivity contribution in [2.45, 2.75) is 23.8 Å². The van der Waals surface area contributed by atoms with Gasteiger partial charge in [-0.05, 0) is 17.8 Å². The third-order valence-corrected chi connectivity index (χ3v) is 5.29. The second kappa shape index (κ2) is 1.57. The average Bonchev–Trinajstić information content (AvgIpc) is 2.40. The van der Waals surface area contributed by atoms with Crippen LogP contribution < -0.4 is 5.32 Å².